The molecule has 0 unspecified atom stereocenters. The molecule has 2 aromatic carbocycles. The highest BCUT2D eigenvalue weighted by atomic mass is 35.5. The van der Waals surface area contributed by atoms with E-state index < -0.39 is 16.1 Å². The molecule has 13 heteroatoms. The third-order valence-corrected chi connectivity index (χ3v) is 8.65. The van der Waals surface area contributed by atoms with Gasteiger partial charge in [-0.05, 0) is 48.5 Å². The fourth-order valence-corrected chi connectivity index (χ4v) is 6.09. The number of anilines is 2. The Labute approximate surface area is 213 Å². The summed E-state index contributed by atoms with van der Waals surface area (Å²) in [4.78, 5) is 36.9. The van der Waals surface area contributed by atoms with Crippen molar-refractivity contribution in [2.75, 3.05) is 17.7 Å². The molecule has 9 nitrogen and oxygen atoms in total. The van der Waals surface area contributed by atoms with E-state index in [1.54, 1.807) is 37.4 Å². The molecule has 0 atom stereocenters. The number of nitrogens with one attached hydrogen (secondary N) is 3. The van der Waals surface area contributed by atoms with Gasteiger partial charge in [-0.1, -0.05) is 23.2 Å². The molecule has 4 rings (SSSR count). The quantitative estimate of drug-likeness (QED) is 0.298. The molecule has 2 amide bonds. The van der Waals surface area contributed by atoms with Gasteiger partial charge in [-0.25, -0.2) is 17.9 Å². The summed E-state index contributed by atoms with van der Waals surface area (Å²) in [6, 6.07) is 11.3. The number of pyridine rings is 1. The van der Waals surface area contributed by atoms with Crippen LogP contribution < -0.4 is 20.9 Å². The van der Waals surface area contributed by atoms with Gasteiger partial charge in [0.05, 0.1) is 5.02 Å². The summed E-state index contributed by atoms with van der Waals surface area (Å²) >= 11 is 12.3. The molecule has 0 spiro atoms. The van der Waals surface area contributed by atoms with Gasteiger partial charge in [0.1, 0.15) is 8.55 Å². The number of aldehydes is 1. The van der Waals surface area contributed by atoms with E-state index in [1.807, 2.05) is 4.72 Å². The minimum absolute atomic E-state index is 0.0668. The van der Waals surface area contributed by atoms with Crippen LogP contribution in [0.2, 0.25) is 9.36 Å². The van der Waals surface area contributed by atoms with Crippen LogP contribution in [-0.4, -0.2) is 32.3 Å². The Hall–Kier alpha value is -3.38. The van der Waals surface area contributed by atoms with Crippen molar-refractivity contribution >= 4 is 79.0 Å². The molecule has 0 radical (unpaired) electrons. The maximum Gasteiger partial charge on any atom is 0.333 e. The van der Waals surface area contributed by atoms with Crippen molar-refractivity contribution < 1.29 is 18.0 Å². The van der Waals surface area contributed by atoms with Gasteiger partial charge in [-0.15, -0.1) is 11.3 Å². The number of sulfonamides is 1. The van der Waals surface area contributed by atoms with Crippen LogP contribution in [0.25, 0.3) is 16.5 Å². The molecular weight excluding hydrogens is 535 g/mol. The molecule has 0 aliphatic heterocycles. The number of fused-ring (bicyclic) bond motifs is 1. The molecule has 0 bridgehead atoms. The summed E-state index contributed by atoms with van der Waals surface area (Å²) in [5.74, 6) is 0. The summed E-state index contributed by atoms with van der Waals surface area (Å²) in [5.41, 5.74) is 1.48. The highest BCUT2D eigenvalue weighted by Crippen LogP contribution is 2.34. The van der Waals surface area contributed by atoms with Gasteiger partial charge >= 0.3 is 6.03 Å². The number of hydrogen-bond acceptors (Lipinski definition) is 7. The van der Waals surface area contributed by atoms with Gasteiger partial charge in [0.15, 0.2) is 6.29 Å². The van der Waals surface area contributed by atoms with Gasteiger partial charge in [-0.2, -0.15) is 0 Å². The molecule has 0 saturated heterocycles. The predicted molar refractivity (Wildman–Crippen MR) is 138 cm³/mol. The number of nitrogens with zero attached hydrogens (tertiary/aromatic N) is 1. The van der Waals surface area contributed by atoms with E-state index >= 15 is 0 Å². The van der Waals surface area contributed by atoms with Crippen LogP contribution >= 0.6 is 34.5 Å². The Morgan fingerprint density at radius 1 is 1.03 bits per heavy atom. The van der Waals surface area contributed by atoms with Crippen molar-refractivity contribution in [3.8, 4) is 5.69 Å². The largest absolute Gasteiger partial charge is 0.388 e. The Kier molecular flexibility index (Phi) is 6.86. The monoisotopic (exact) mass is 550 g/mol. The first kappa shape index (κ1) is 24.7. The summed E-state index contributed by atoms with van der Waals surface area (Å²) in [6.07, 6.45) is 2.11. The molecule has 0 fully saturated rings. The minimum Gasteiger partial charge on any atom is -0.388 e. The molecule has 4 aromatic rings. The molecule has 0 aliphatic rings. The molecule has 0 aliphatic carbocycles. The van der Waals surface area contributed by atoms with Crippen LogP contribution in [0.5, 0.6) is 0 Å². The summed E-state index contributed by atoms with van der Waals surface area (Å²) in [7, 11) is -2.43. The first-order valence-electron chi connectivity index (χ1n) is 9.84. The molecule has 35 heavy (non-hydrogen) atoms. The fraction of sp³-hybridized carbons (Fsp3) is 0.0455. The highest BCUT2D eigenvalue weighted by molar-refractivity contribution is 7.92. The standard InChI is InChI=1S/C22H16Cl2N4O5S2/c1-25-14-4-7-16-17(8-14)12(11-29)10-28(21(16)30)15-5-2-13(3-6-15)26-22(31)27-35(32,33)19-9-18(23)20(24)34-19/h2-11,25H,1H3,(H2,26,27,31). The normalized spacial score (nSPS) is 11.3. The zero-order valence-electron chi connectivity index (χ0n) is 17.8. The number of amides is 2. The van der Waals surface area contributed by atoms with Crippen molar-refractivity contribution in [3.63, 3.8) is 0 Å². The second-order valence-electron chi connectivity index (χ2n) is 7.18. The van der Waals surface area contributed by atoms with Crippen molar-refractivity contribution in [3.05, 3.63) is 80.0 Å². The number of rotatable bonds is 6. The third kappa shape index (κ3) is 5.03. The predicted octanol–water partition coefficient (Wildman–Crippen LogP) is 4.72. The van der Waals surface area contributed by atoms with Crippen molar-refractivity contribution in [2.45, 2.75) is 4.21 Å². The Morgan fingerprint density at radius 2 is 1.71 bits per heavy atom. The second kappa shape index (κ2) is 9.70. The molecule has 2 heterocycles. The van der Waals surface area contributed by atoms with E-state index in [1.165, 1.54) is 22.9 Å². The van der Waals surface area contributed by atoms with Gasteiger partial charge in [0.2, 0.25) is 0 Å². The van der Waals surface area contributed by atoms with E-state index in [0.717, 1.165) is 23.1 Å². The molecule has 2 aromatic heterocycles. The Morgan fingerprint density at radius 3 is 2.31 bits per heavy atom. The number of thiophene rings is 1. The van der Waals surface area contributed by atoms with Crippen LogP contribution in [-0.2, 0) is 10.0 Å². The van der Waals surface area contributed by atoms with E-state index in [9.17, 15) is 22.8 Å². The number of hydrogen-bond donors (Lipinski definition) is 3. The molecule has 180 valence electrons. The Balaban J connectivity index is 1.57. The summed E-state index contributed by atoms with van der Waals surface area (Å²) < 4.78 is 27.8. The number of aromatic nitrogens is 1. The SMILES string of the molecule is CNc1ccc2c(=O)n(-c3ccc(NC(=O)NS(=O)(=O)c4cc(Cl)c(Cl)s4)cc3)cc(C=O)c2c1. The number of halogens is 2. The molecule has 3 N–H and O–H groups in total. The maximum atomic E-state index is 13.0. The Bertz CT molecular complexity index is 1610. The lowest BCUT2D eigenvalue weighted by atomic mass is 10.1. The van der Waals surface area contributed by atoms with E-state index in [4.69, 9.17) is 23.2 Å². The van der Waals surface area contributed by atoms with Crippen molar-refractivity contribution in [2.24, 2.45) is 0 Å². The number of carbonyl (C=O) groups excluding carboxylic acids is 2. The lowest BCUT2D eigenvalue weighted by Gasteiger charge is -2.12. The number of benzene rings is 2. The van der Waals surface area contributed by atoms with Gasteiger partial charge in [0.25, 0.3) is 15.6 Å². The zero-order valence-corrected chi connectivity index (χ0v) is 21.0. The minimum atomic E-state index is -4.17. The van der Waals surface area contributed by atoms with E-state index in [0.29, 0.717) is 28.3 Å². The fourth-order valence-electron chi connectivity index (χ4n) is 3.30. The van der Waals surface area contributed by atoms with Crippen LogP contribution in [0.4, 0.5) is 16.2 Å². The maximum absolute atomic E-state index is 13.0. The lowest BCUT2D eigenvalue weighted by Crippen LogP contribution is -2.33. The average molecular weight is 551 g/mol. The molecular formula is C22H16Cl2N4O5S2. The zero-order chi connectivity index (χ0) is 25.3. The van der Waals surface area contributed by atoms with Crippen molar-refractivity contribution in [1.82, 2.24) is 9.29 Å². The van der Waals surface area contributed by atoms with Crippen molar-refractivity contribution in [1.29, 1.82) is 0 Å². The van der Waals surface area contributed by atoms with Crippen LogP contribution in [0.3, 0.4) is 0 Å². The highest BCUT2D eigenvalue weighted by Gasteiger charge is 2.22. The first-order chi connectivity index (χ1) is 16.6. The molecule has 0 saturated carbocycles. The lowest BCUT2D eigenvalue weighted by molar-refractivity contribution is 0.112. The van der Waals surface area contributed by atoms with Crippen LogP contribution in [0.1, 0.15) is 10.4 Å². The van der Waals surface area contributed by atoms with Gasteiger partial charge in [0, 0.05) is 46.6 Å². The van der Waals surface area contributed by atoms with Crippen LogP contribution in [0, 0.1) is 0 Å². The van der Waals surface area contributed by atoms with Gasteiger partial charge < -0.3 is 10.6 Å². The average Bonchev–Trinajstić information content (AvgIpc) is 3.18. The van der Waals surface area contributed by atoms with Gasteiger partial charge in [-0.3, -0.25) is 14.2 Å². The first-order valence-corrected chi connectivity index (χ1v) is 12.9. The second-order valence-corrected chi connectivity index (χ2v) is 11.2. The third-order valence-electron chi connectivity index (χ3n) is 4.98. The smallest absolute Gasteiger partial charge is 0.333 e. The van der Waals surface area contributed by atoms with Crippen LogP contribution in [0.15, 0.2) is 63.7 Å². The number of urea groups is 1. The topological polar surface area (TPSA) is 126 Å². The van der Waals surface area contributed by atoms with E-state index in [2.05, 4.69) is 10.6 Å². The summed E-state index contributed by atoms with van der Waals surface area (Å²) in [6.45, 7) is 0. The van der Waals surface area contributed by atoms with E-state index in [-0.39, 0.29) is 24.8 Å². The number of carbonyl (C=O) groups is 2. The summed E-state index contributed by atoms with van der Waals surface area (Å²) in [5, 5.41) is 6.34.